The average molecular weight is 374 g/mol. The van der Waals surface area contributed by atoms with Crippen LogP contribution in [0.1, 0.15) is 58.1 Å². The Hall–Kier alpha value is -2.08. The first kappa shape index (κ1) is 19.7. The van der Waals surface area contributed by atoms with Crippen molar-refractivity contribution >= 4 is 17.7 Å². The number of fused-ring (bicyclic) bond motifs is 1. The highest BCUT2D eigenvalue weighted by Crippen LogP contribution is 2.42. The van der Waals surface area contributed by atoms with E-state index in [1.807, 2.05) is 45.0 Å². The highest BCUT2D eigenvalue weighted by atomic mass is 16.6. The Kier molecular flexibility index (Phi) is 5.75. The summed E-state index contributed by atoms with van der Waals surface area (Å²) in [6.07, 6.45) is 3.94. The predicted octanol–water partition coefficient (Wildman–Crippen LogP) is 4.03. The highest BCUT2D eigenvalue weighted by molar-refractivity contribution is 5.84. The monoisotopic (exact) mass is 374 g/mol. The maximum absolute atomic E-state index is 12.3. The molecule has 4 atom stereocenters. The Morgan fingerprint density at radius 1 is 1.15 bits per heavy atom. The van der Waals surface area contributed by atoms with Crippen LogP contribution in [0.3, 0.4) is 0 Å². The quantitative estimate of drug-likeness (QED) is 0.781. The molecule has 3 rings (SSSR count). The largest absolute Gasteiger partial charge is 0.469 e. The number of hydrogen-bond donors (Lipinski definition) is 2. The van der Waals surface area contributed by atoms with Crippen LogP contribution >= 0.6 is 0 Å². The molecule has 0 aromatic heterocycles. The number of hydrogen-bond acceptors (Lipinski definition) is 5. The molecule has 1 amide bonds. The van der Waals surface area contributed by atoms with Crippen LogP contribution in [0.4, 0.5) is 10.5 Å². The number of nitrogens with one attached hydrogen (secondary N) is 2. The molecule has 27 heavy (non-hydrogen) atoms. The molecule has 1 saturated carbocycles. The fraction of sp³-hybridized carbons (Fsp3) is 0.619. The fourth-order valence-corrected chi connectivity index (χ4v) is 4.25. The first-order valence-electron chi connectivity index (χ1n) is 9.70. The van der Waals surface area contributed by atoms with Gasteiger partial charge in [0.2, 0.25) is 0 Å². The molecule has 6 nitrogen and oxygen atoms in total. The van der Waals surface area contributed by atoms with Gasteiger partial charge in [0.1, 0.15) is 5.60 Å². The Morgan fingerprint density at radius 3 is 2.48 bits per heavy atom. The van der Waals surface area contributed by atoms with Gasteiger partial charge in [-0.05, 0) is 63.6 Å². The normalized spacial score (nSPS) is 27.6. The minimum absolute atomic E-state index is 0.0626. The summed E-state index contributed by atoms with van der Waals surface area (Å²) < 4.78 is 10.3. The Morgan fingerprint density at radius 2 is 1.85 bits per heavy atom. The lowest BCUT2D eigenvalue weighted by Gasteiger charge is -2.38. The summed E-state index contributed by atoms with van der Waals surface area (Å²) in [5, 5.41) is 6.41. The van der Waals surface area contributed by atoms with Gasteiger partial charge in [0.25, 0.3) is 0 Å². The molecule has 1 saturated heterocycles. The fourth-order valence-electron chi connectivity index (χ4n) is 4.25. The summed E-state index contributed by atoms with van der Waals surface area (Å²) in [6.45, 7) is 5.48. The van der Waals surface area contributed by atoms with Crippen molar-refractivity contribution in [2.75, 3.05) is 12.4 Å². The first-order valence-corrected chi connectivity index (χ1v) is 9.70. The van der Waals surface area contributed by atoms with Gasteiger partial charge in [-0.25, -0.2) is 4.79 Å². The SMILES string of the molecule is COC(=O)C1CC2CCCC2NC1c1ccc(NC(=O)OC(C)(C)C)cc1. The van der Waals surface area contributed by atoms with E-state index in [9.17, 15) is 9.59 Å². The second-order valence-electron chi connectivity index (χ2n) is 8.56. The molecule has 1 aromatic carbocycles. The van der Waals surface area contributed by atoms with E-state index in [0.29, 0.717) is 17.6 Å². The highest BCUT2D eigenvalue weighted by Gasteiger charge is 2.43. The first-order chi connectivity index (χ1) is 12.8. The van der Waals surface area contributed by atoms with Crippen molar-refractivity contribution in [1.82, 2.24) is 5.32 Å². The van der Waals surface area contributed by atoms with Gasteiger partial charge in [-0.15, -0.1) is 0 Å². The number of carbonyl (C=O) groups excluding carboxylic acids is 2. The van der Waals surface area contributed by atoms with Crippen molar-refractivity contribution in [2.24, 2.45) is 11.8 Å². The van der Waals surface area contributed by atoms with E-state index in [0.717, 1.165) is 18.4 Å². The van der Waals surface area contributed by atoms with Gasteiger partial charge in [0, 0.05) is 17.8 Å². The van der Waals surface area contributed by atoms with Crippen LogP contribution < -0.4 is 10.6 Å². The molecule has 2 fully saturated rings. The number of rotatable bonds is 3. The van der Waals surface area contributed by atoms with E-state index in [1.165, 1.54) is 20.0 Å². The van der Waals surface area contributed by atoms with Crippen molar-refractivity contribution in [2.45, 2.75) is 64.1 Å². The standard InChI is InChI=1S/C21H30N2O4/c1-21(2,3)27-20(25)22-15-10-8-13(9-11-15)18-16(19(24)26-4)12-14-6-5-7-17(14)23-18/h8-11,14,16-18,23H,5-7,12H2,1-4H3,(H,22,25). The second kappa shape index (κ2) is 7.89. The minimum Gasteiger partial charge on any atom is -0.469 e. The zero-order valence-electron chi connectivity index (χ0n) is 16.6. The molecule has 1 heterocycles. The number of anilines is 1. The van der Waals surface area contributed by atoms with Gasteiger partial charge >= 0.3 is 12.1 Å². The molecule has 0 spiro atoms. The van der Waals surface area contributed by atoms with Crippen LogP contribution in [0.5, 0.6) is 0 Å². The third kappa shape index (κ3) is 4.80. The van der Waals surface area contributed by atoms with Crippen molar-refractivity contribution in [3.63, 3.8) is 0 Å². The maximum atomic E-state index is 12.3. The van der Waals surface area contributed by atoms with Crippen LogP contribution in [0.25, 0.3) is 0 Å². The lowest BCUT2D eigenvalue weighted by molar-refractivity contribution is -0.148. The molecule has 1 aliphatic carbocycles. The summed E-state index contributed by atoms with van der Waals surface area (Å²) in [5.74, 6) is 0.214. The number of piperidine rings is 1. The van der Waals surface area contributed by atoms with Crippen molar-refractivity contribution in [1.29, 1.82) is 0 Å². The number of amides is 1. The molecular weight excluding hydrogens is 344 g/mol. The van der Waals surface area contributed by atoms with Crippen LogP contribution in [0.15, 0.2) is 24.3 Å². The molecule has 1 aromatic rings. The summed E-state index contributed by atoms with van der Waals surface area (Å²) >= 11 is 0. The molecule has 148 valence electrons. The summed E-state index contributed by atoms with van der Waals surface area (Å²) in [7, 11) is 1.45. The summed E-state index contributed by atoms with van der Waals surface area (Å²) in [5.41, 5.74) is 1.16. The smallest absolute Gasteiger partial charge is 0.412 e. The van der Waals surface area contributed by atoms with Crippen LogP contribution in [0, 0.1) is 11.8 Å². The van der Waals surface area contributed by atoms with Gasteiger partial charge < -0.3 is 14.8 Å². The third-order valence-electron chi connectivity index (χ3n) is 5.43. The van der Waals surface area contributed by atoms with Gasteiger partial charge in [-0.2, -0.15) is 0 Å². The number of esters is 1. The second-order valence-corrected chi connectivity index (χ2v) is 8.56. The Labute approximate surface area is 161 Å². The van der Waals surface area contributed by atoms with Crippen molar-refractivity contribution in [3.05, 3.63) is 29.8 Å². The minimum atomic E-state index is -0.540. The van der Waals surface area contributed by atoms with Crippen LogP contribution in [-0.2, 0) is 14.3 Å². The predicted molar refractivity (Wildman–Crippen MR) is 103 cm³/mol. The summed E-state index contributed by atoms with van der Waals surface area (Å²) in [6, 6.07) is 8.00. The number of ether oxygens (including phenoxy) is 2. The number of methoxy groups -OCH3 is 1. The van der Waals surface area contributed by atoms with E-state index in [2.05, 4.69) is 10.6 Å². The third-order valence-corrected chi connectivity index (χ3v) is 5.43. The molecular formula is C21H30N2O4. The zero-order valence-corrected chi connectivity index (χ0v) is 16.6. The zero-order chi connectivity index (χ0) is 19.6. The van der Waals surface area contributed by atoms with E-state index in [4.69, 9.17) is 9.47 Å². The van der Waals surface area contributed by atoms with E-state index >= 15 is 0 Å². The lowest BCUT2D eigenvalue weighted by Crippen LogP contribution is -2.47. The number of carbonyl (C=O) groups is 2. The topological polar surface area (TPSA) is 76.7 Å². The van der Waals surface area contributed by atoms with Crippen molar-refractivity contribution < 1.29 is 19.1 Å². The molecule has 0 bridgehead atoms. The van der Waals surface area contributed by atoms with Gasteiger partial charge in [0.05, 0.1) is 13.0 Å². The molecule has 2 N–H and O–H groups in total. The maximum Gasteiger partial charge on any atom is 0.412 e. The number of benzene rings is 1. The van der Waals surface area contributed by atoms with Crippen LogP contribution in [0.2, 0.25) is 0 Å². The van der Waals surface area contributed by atoms with Gasteiger partial charge in [0.15, 0.2) is 0 Å². The van der Waals surface area contributed by atoms with Gasteiger partial charge in [-0.1, -0.05) is 18.6 Å². The molecule has 6 heteroatoms. The summed E-state index contributed by atoms with van der Waals surface area (Å²) in [4.78, 5) is 24.3. The van der Waals surface area contributed by atoms with Crippen LogP contribution in [-0.4, -0.2) is 30.8 Å². The van der Waals surface area contributed by atoms with Crippen molar-refractivity contribution in [3.8, 4) is 0 Å². The van der Waals surface area contributed by atoms with E-state index in [-0.39, 0.29) is 17.9 Å². The van der Waals surface area contributed by atoms with Gasteiger partial charge in [-0.3, -0.25) is 10.1 Å². The van der Waals surface area contributed by atoms with E-state index in [1.54, 1.807) is 0 Å². The Balaban J connectivity index is 1.72. The lowest BCUT2D eigenvalue weighted by atomic mass is 9.78. The molecule has 0 radical (unpaired) electrons. The van der Waals surface area contributed by atoms with E-state index < -0.39 is 11.7 Å². The molecule has 4 unspecified atom stereocenters. The molecule has 1 aliphatic heterocycles. The molecule has 2 aliphatic rings. The average Bonchev–Trinajstić information content (AvgIpc) is 3.06. The Bertz CT molecular complexity index is 680.